The number of nitrogens with zero attached hydrogens (tertiary/aromatic N) is 3. The number of likely N-dealkylation sites (tertiary alicyclic amines) is 1. The summed E-state index contributed by atoms with van der Waals surface area (Å²) in [5.41, 5.74) is 1.46. The highest BCUT2D eigenvalue weighted by Gasteiger charge is 2.27. The van der Waals surface area contributed by atoms with Gasteiger partial charge >= 0.3 is 0 Å². The molecule has 134 valence electrons. The molecule has 6 nitrogen and oxygen atoms in total. The SMILES string of the molecule is O=C(COc1nsnc1-c1ccc(Cl)cc1)N1CCCCC1CCO. The quantitative estimate of drug-likeness (QED) is 0.832. The lowest BCUT2D eigenvalue weighted by molar-refractivity contribution is -0.137. The molecular weight excluding hydrogens is 362 g/mol. The molecule has 1 N–H and O–H groups in total. The Morgan fingerprint density at radius 3 is 2.88 bits per heavy atom. The largest absolute Gasteiger partial charge is 0.465 e. The van der Waals surface area contributed by atoms with Gasteiger partial charge in [0, 0.05) is 29.8 Å². The lowest BCUT2D eigenvalue weighted by Crippen LogP contribution is -2.46. The van der Waals surface area contributed by atoms with Crippen LogP contribution < -0.4 is 4.74 Å². The van der Waals surface area contributed by atoms with Crippen molar-refractivity contribution >= 4 is 29.2 Å². The highest BCUT2D eigenvalue weighted by molar-refractivity contribution is 6.99. The number of aliphatic hydroxyl groups excluding tert-OH is 1. The van der Waals surface area contributed by atoms with Crippen LogP contribution in [0.5, 0.6) is 5.88 Å². The highest BCUT2D eigenvalue weighted by atomic mass is 35.5. The van der Waals surface area contributed by atoms with Crippen LogP contribution in [-0.4, -0.2) is 50.5 Å². The number of hydrogen-bond donors (Lipinski definition) is 1. The zero-order valence-electron chi connectivity index (χ0n) is 13.7. The monoisotopic (exact) mass is 381 g/mol. The molecule has 1 fully saturated rings. The predicted molar refractivity (Wildman–Crippen MR) is 96.9 cm³/mol. The van der Waals surface area contributed by atoms with Gasteiger partial charge in [0.05, 0.1) is 11.7 Å². The topological polar surface area (TPSA) is 75.5 Å². The summed E-state index contributed by atoms with van der Waals surface area (Å²) in [5.74, 6) is 0.282. The molecule has 0 aliphatic carbocycles. The van der Waals surface area contributed by atoms with E-state index in [2.05, 4.69) is 8.75 Å². The molecule has 1 aromatic carbocycles. The van der Waals surface area contributed by atoms with Crippen molar-refractivity contribution in [3.8, 4) is 17.1 Å². The second-order valence-corrected chi connectivity index (χ2v) is 6.93. The zero-order chi connectivity index (χ0) is 17.6. The van der Waals surface area contributed by atoms with E-state index in [-0.39, 0.29) is 25.2 Å². The van der Waals surface area contributed by atoms with Crippen LogP contribution in [0.2, 0.25) is 5.02 Å². The number of rotatable bonds is 6. The van der Waals surface area contributed by atoms with E-state index < -0.39 is 0 Å². The lowest BCUT2D eigenvalue weighted by atomic mass is 9.99. The van der Waals surface area contributed by atoms with Gasteiger partial charge in [-0.1, -0.05) is 23.7 Å². The first kappa shape index (κ1) is 18.1. The Bertz CT molecular complexity index is 705. The molecule has 0 spiro atoms. The van der Waals surface area contributed by atoms with Crippen molar-refractivity contribution in [1.82, 2.24) is 13.6 Å². The Hall–Kier alpha value is -1.70. The molecule has 2 aromatic rings. The van der Waals surface area contributed by atoms with Gasteiger partial charge in [-0.15, -0.1) is 4.37 Å². The van der Waals surface area contributed by atoms with Crippen LogP contribution in [0.15, 0.2) is 24.3 Å². The third-order valence-electron chi connectivity index (χ3n) is 4.32. The Kier molecular flexibility index (Phi) is 6.23. The van der Waals surface area contributed by atoms with Crippen molar-refractivity contribution in [1.29, 1.82) is 0 Å². The van der Waals surface area contributed by atoms with Crippen LogP contribution >= 0.6 is 23.3 Å². The molecule has 1 saturated heterocycles. The molecule has 8 heteroatoms. The summed E-state index contributed by atoms with van der Waals surface area (Å²) in [7, 11) is 0. The van der Waals surface area contributed by atoms with Gasteiger partial charge in [0.2, 0.25) is 0 Å². The number of halogens is 1. The molecule has 3 rings (SSSR count). The Balaban J connectivity index is 1.64. The lowest BCUT2D eigenvalue weighted by Gasteiger charge is -2.35. The smallest absolute Gasteiger partial charge is 0.260 e. The van der Waals surface area contributed by atoms with Gasteiger partial charge in [-0.2, -0.15) is 4.37 Å². The van der Waals surface area contributed by atoms with E-state index in [1.807, 2.05) is 17.0 Å². The summed E-state index contributed by atoms with van der Waals surface area (Å²) in [5, 5.41) is 9.83. The average Bonchev–Trinajstić information content (AvgIpc) is 3.09. The van der Waals surface area contributed by atoms with E-state index >= 15 is 0 Å². The first-order valence-electron chi connectivity index (χ1n) is 8.30. The van der Waals surface area contributed by atoms with Crippen molar-refractivity contribution in [2.24, 2.45) is 0 Å². The molecule has 0 radical (unpaired) electrons. The molecule has 1 aliphatic heterocycles. The fraction of sp³-hybridized carbons (Fsp3) is 0.471. The number of aromatic nitrogens is 2. The van der Waals surface area contributed by atoms with Crippen LogP contribution in [0.3, 0.4) is 0 Å². The van der Waals surface area contributed by atoms with Gasteiger partial charge in [-0.05, 0) is 37.8 Å². The first-order chi connectivity index (χ1) is 12.2. The van der Waals surface area contributed by atoms with Crippen molar-refractivity contribution in [2.45, 2.75) is 31.7 Å². The molecule has 1 atom stereocenters. The van der Waals surface area contributed by atoms with E-state index in [4.69, 9.17) is 16.3 Å². The minimum Gasteiger partial charge on any atom is -0.465 e. The van der Waals surface area contributed by atoms with Crippen LogP contribution in [0.25, 0.3) is 11.3 Å². The molecular formula is C17H20ClN3O3S. The van der Waals surface area contributed by atoms with E-state index in [1.54, 1.807) is 12.1 Å². The van der Waals surface area contributed by atoms with Gasteiger partial charge in [0.15, 0.2) is 6.61 Å². The number of ether oxygens (including phenoxy) is 1. The summed E-state index contributed by atoms with van der Waals surface area (Å²) in [6.45, 7) is 0.728. The number of carbonyl (C=O) groups excluding carboxylic acids is 1. The first-order valence-corrected chi connectivity index (χ1v) is 9.41. The maximum atomic E-state index is 12.5. The standard InChI is InChI=1S/C17H20ClN3O3S/c18-13-6-4-12(5-7-13)16-17(20-25-19-16)24-11-15(23)21-9-2-1-3-14(21)8-10-22/h4-7,14,22H,1-3,8-11H2. The molecule has 1 aromatic heterocycles. The molecule has 2 heterocycles. The predicted octanol–water partition coefficient (Wildman–Crippen LogP) is 3.00. The molecule has 0 bridgehead atoms. The summed E-state index contributed by atoms with van der Waals surface area (Å²) < 4.78 is 14.1. The minimum absolute atomic E-state index is 0.0755. The Morgan fingerprint density at radius 1 is 1.32 bits per heavy atom. The van der Waals surface area contributed by atoms with E-state index in [0.717, 1.165) is 36.6 Å². The Labute approximate surface area is 155 Å². The fourth-order valence-electron chi connectivity index (χ4n) is 3.05. The molecule has 1 amide bonds. The molecule has 0 saturated carbocycles. The maximum absolute atomic E-state index is 12.5. The summed E-state index contributed by atoms with van der Waals surface area (Å²) in [6.07, 6.45) is 3.62. The third-order valence-corrected chi connectivity index (χ3v) is 5.08. The fourth-order valence-corrected chi connectivity index (χ4v) is 3.70. The van der Waals surface area contributed by atoms with E-state index in [0.29, 0.717) is 29.6 Å². The number of amides is 1. The van der Waals surface area contributed by atoms with E-state index in [1.165, 1.54) is 0 Å². The molecule has 25 heavy (non-hydrogen) atoms. The minimum atomic E-state index is -0.0757. The summed E-state index contributed by atoms with van der Waals surface area (Å²) in [6, 6.07) is 7.33. The summed E-state index contributed by atoms with van der Waals surface area (Å²) in [4.78, 5) is 14.3. The third kappa shape index (κ3) is 4.48. The zero-order valence-corrected chi connectivity index (χ0v) is 15.3. The molecule has 1 unspecified atom stereocenters. The normalized spacial score (nSPS) is 17.5. The van der Waals surface area contributed by atoms with Crippen LogP contribution in [-0.2, 0) is 4.79 Å². The average molecular weight is 382 g/mol. The second-order valence-electron chi connectivity index (χ2n) is 5.96. The second kappa shape index (κ2) is 8.60. The maximum Gasteiger partial charge on any atom is 0.260 e. The van der Waals surface area contributed by atoms with Crippen molar-refractivity contribution in [3.63, 3.8) is 0 Å². The number of piperidine rings is 1. The van der Waals surface area contributed by atoms with Crippen LogP contribution in [0.1, 0.15) is 25.7 Å². The number of benzene rings is 1. The van der Waals surface area contributed by atoms with Gasteiger partial charge in [-0.3, -0.25) is 4.79 Å². The van der Waals surface area contributed by atoms with Crippen molar-refractivity contribution < 1.29 is 14.6 Å². The summed E-state index contributed by atoms with van der Waals surface area (Å²) >= 11 is 6.95. The van der Waals surface area contributed by atoms with Crippen LogP contribution in [0, 0.1) is 0 Å². The van der Waals surface area contributed by atoms with Gasteiger partial charge in [0.25, 0.3) is 11.8 Å². The van der Waals surface area contributed by atoms with Crippen molar-refractivity contribution in [3.05, 3.63) is 29.3 Å². The molecule has 1 aliphatic rings. The van der Waals surface area contributed by atoms with Gasteiger partial charge < -0.3 is 14.7 Å². The number of hydrogen-bond acceptors (Lipinski definition) is 6. The number of aliphatic hydroxyl groups is 1. The van der Waals surface area contributed by atoms with Crippen LogP contribution in [0.4, 0.5) is 0 Å². The van der Waals surface area contributed by atoms with Gasteiger partial charge in [-0.25, -0.2) is 0 Å². The van der Waals surface area contributed by atoms with E-state index in [9.17, 15) is 9.90 Å². The number of carbonyl (C=O) groups is 1. The highest BCUT2D eigenvalue weighted by Crippen LogP contribution is 2.29. The van der Waals surface area contributed by atoms with Crippen molar-refractivity contribution in [2.75, 3.05) is 19.8 Å². The van der Waals surface area contributed by atoms with Gasteiger partial charge in [0.1, 0.15) is 5.69 Å². The Morgan fingerprint density at radius 2 is 2.12 bits per heavy atom.